The Morgan fingerprint density at radius 1 is 1.21 bits per heavy atom. The second kappa shape index (κ2) is 5.95. The van der Waals surface area contributed by atoms with Crippen LogP contribution in [-0.2, 0) is 0 Å². The van der Waals surface area contributed by atoms with Gasteiger partial charge in [0.05, 0.1) is 11.9 Å². The summed E-state index contributed by atoms with van der Waals surface area (Å²) >= 11 is 0. The third kappa shape index (κ3) is 3.51. The number of nitrogens with zero attached hydrogens (tertiary/aromatic N) is 2. The lowest BCUT2D eigenvalue weighted by Crippen LogP contribution is -2.14. The maximum atomic E-state index is 12.0. The molecule has 1 amide bonds. The summed E-state index contributed by atoms with van der Waals surface area (Å²) < 4.78 is 0. The van der Waals surface area contributed by atoms with Crippen LogP contribution >= 0.6 is 0 Å². The first-order valence-electron chi connectivity index (χ1n) is 6.13. The van der Waals surface area contributed by atoms with Gasteiger partial charge in [-0.15, -0.1) is 0 Å². The number of aromatic nitrogens is 2. The molecule has 2 rings (SSSR count). The molecule has 0 spiro atoms. The van der Waals surface area contributed by atoms with Crippen molar-refractivity contribution in [1.29, 1.82) is 0 Å². The summed E-state index contributed by atoms with van der Waals surface area (Å²) in [6.07, 6.45) is 3.31. The molecule has 0 fully saturated rings. The van der Waals surface area contributed by atoms with E-state index in [9.17, 15) is 4.79 Å². The van der Waals surface area contributed by atoms with Crippen molar-refractivity contribution in [2.24, 2.45) is 0 Å². The molecular weight excluding hydrogens is 240 g/mol. The molecule has 0 atom stereocenters. The molecule has 5 nitrogen and oxygen atoms in total. The van der Waals surface area contributed by atoms with Crippen molar-refractivity contribution in [2.45, 2.75) is 13.8 Å². The third-order valence-corrected chi connectivity index (χ3v) is 2.53. The van der Waals surface area contributed by atoms with Crippen LogP contribution in [0, 0.1) is 6.92 Å². The quantitative estimate of drug-likeness (QED) is 0.881. The number of aryl methyl sites for hydroxylation is 1. The lowest BCUT2D eigenvalue weighted by molar-refractivity contribution is 0.102. The molecular formula is C14H16N4O. The molecule has 0 saturated carbocycles. The summed E-state index contributed by atoms with van der Waals surface area (Å²) in [5.74, 6) is -0.228. The minimum atomic E-state index is -0.228. The van der Waals surface area contributed by atoms with Crippen molar-refractivity contribution in [1.82, 2.24) is 9.97 Å². The monoisotopic (exact) mass is 256 g/mol. The average molecular weight is 256 g/mol. The number of hydrogen-bond donors (Lipinski definition) is 2. The van der Waals surface area contributed by atoms with Crippen LogP contribution < -0.4 is 10.6 Å². The van der Waals surface area contributed by atoms with Crippen LogP contribution in [0.4, 0.5) is 11.4 Å². The van der Waals surface area contributed by atoms with Crippen LogP contribution in [0.25, 0.3) is 0 Å². The Morgan fingerprint density at radius 3 is 2.68 bits per heavy atom. The Bertz CT molecular complexity index is 566. The van der Waals surface area contributed by atoms with Crippen LogP contribution in [0.5, 0.6) is 0 Å². The van der Waals surface area contributed by atoms with Crippen LogP contribution in [0.1, 0.15) is 23.1 Å². The molecule has 0 aromatic carbocycles. The first-order valence-corrected chi connectivity index (χ1v) is 6.13. The van der Waals surface area contributed by atoms with Gasteiger partial charge in [0.2, 0.25) is 0 Å². The number of anilines is 2. The zero-order chi connectivity index (χ0) is 13.7. The normalized spacial score (nSPS) is 10.0. The second-order valence-electron chi connectivity index (χ2n) is 4.10. The highest BCUT2D eigenvalue weighted by Crippen LogP contribution is 2.10. The predicted octanol–water partition coefficient (Wildman–Crippen LogP) is 2.47. The lowest BCUT2D eigenvalue weighted by Gasteiger charge is -2.06. The molecule has 2 heterocycles. The smallest absolute Gasteiger partial charge is 0.274 e. The number of amides is 1. The molecule has 5 heteroatoms. The maximum Gasteiger partial charge on any atom is 0.274 e. The number of pyridine rings is 2. The highest BCUT2D eigenvalue weighted by atomic mass is 16.1. The van der Waals surface area contributed by atoms with Crippen molar-refractivity contribution in [3.05, 3.63) is 48.0 Å². The Balaban J connectivity index is 2.07. The highest BCUT2D eigenvalue weighted by Gasteiger charge is 2.07. The Morgan fingerprint density at radius 2 is 2.05 bits per heavy atom. The summed E-state index contributed by atoms with van der Waals surface area (Å²) in [4.78, 5) is 20.2. The van der Waals surface area contributed by atoms with Gasteiger partial charge in [-0.25, -0.2) is 4.98 Å². The largest absolute Gasteiger partial charge is 0.384 e. The Labute approximate surface area is 112 Å². The molecule has 0 unspecified atom stereocenters. The third-order valence-electron chi connectivity index (χ3n) is 2.53. The summed E-state index contributed by atoms with van der Waals surface area (Å²) in [7, 11) is 0. The van der Waals surface area contributed by atoms with Gasteiger partial charge in [-0.1, -0.05) is 0 Å². The number of hydrogen-bond acceptors (Lipinski definition) is 4. The first kappa shape index (κ1) is 13.0. The van der Waals surface area contributed by atoms with Gasteiger partial charge < -0.3 is 10.6 Å². The van der Waals surface area contributed by atoms with Gasteiger partial charge in [-0.2, -0.15) is 0 Å². The number of rotatable bonds is 4. The molecule has 2 aromatic heterocycles. The summed E-state index contributed by atoms with van der Waals surface area (Å²) in [6.45, 7) is 4.70. The molecule has 0 aliphatic rings. The van der Waals surface area contributed by atoms with E-state index in [1.807, 2.05) is 26.0 Å². The van der Waals surface area contributed by atoms with Gasteiger partial charge in [0, 0.05) is 24.1 Å². The number of carbonyl (C=O) groups is 1. The highest BCUT2D eigenvalue weighted by molar-refractivity contribution is 6.02. The summed E-state index contributed by atoms with van der Waals surface area (Å²) in [5.41, 5.74) is 2.86. The topological polar surface area (TPSA) is 66.9 Å². The molecule has 0 saturated heterocycles. The Hall–Kier alpha value is -2.43. The minimum absolute atomic E-state index is 0.228. The maximum absolute atomic E-state index is 12.0. The van der Waals surface area contributed by atoms with Gasteiger partial charge >= 0.3 is 0 Å². The van der Waals surface area contributed by atoms with Gasteiger partial charge in [0.15, 0.2) is 0 Å². The molecule has 2 aromatic rings. The molecule has 19 heavy (non-hydrogen) atoms. The van der Waals surface area contributed by atoms with E-state index in [-0.39, 0.29) is 5.91 Å². The average Bonchev–Trinajstić information content (AvgIpc) is 2.40. The minimum Gasteiger partial charge on any atom is -0.384 e. The van der Waals surface area contributed by atoms with Crippen molar-refractivity contribution >= 4 is 17.3 Å². The fraction of sp³-hybridized carbons (Fsp3) is 0.214. The zero-order valence-corrected chi connectivity index (χ0v) is 11.0. The fourth-order valence-electron chi connectivity index (χ4n) is 1.66. The van der Waals surface area contributed by atoms with Crippen molar-refractivity contribution < 1.29 is 4.79 Å². The SMILES string of the molecule is CCNc1ccc(C(=O)Nc2ccnc(C)c2)nc1. The van der Waals surface area contributed by atoms with Gasteiger partial charge in [-0.3, -0.25) is 9.78 Å². The second-order valence-corrected chi connectivity index (χ2v) is 4.10. The van der Waals surface area contributed by atoms with Gasteiger partial charge in [-0.05, 0) is 38.1 Å². The van der Waals surface area contributed by atoms with E-state index in [4.69, 9.17) is 0 Å². The zero-order valence-electron chi connectivity index (χ0n) is 11.0. The van der Waals surface area contributed by atoms with E-state index in [1.54, 1.807) is 24.5 Å². The fourth-order valence-corrected chi connectivity index (χ4v) is 1.66. The molecule has 0 bridgehead atoms. The lowest BCUT2D eigenvalue weighted by atomic mass is 10.3. The molecule has 0 aliphatic carbocycles. The summed E-state index contributed by atoms with van der Waals surface area (Å²) in [6, 6.07) is 7.09. The molecule has 0 aliphatic heterocycles. The van der Waals surface area contributed by atoms with Gasteiger partial charge in [0.25, 0.3) is 5.91 Å². The van der Waals surface area contributed by atoms with E-state index >= 15 is 0 Å². The predicted molar refractivity (Wildman–Crippen MR) is 75.3 cm³/mol. The Kier molecular flexibility index (Phi) is 4.07. The molecule has 2 N–H and O–H groups in total. The van der Waals surface area contributed by atoms with Crippen LogP contribution in [0.15, 0.2) is 36.7 Å². The standard InChI is InChI=1S/C14H16N4O/c1-3-15-12-4-5-13(17-9-12)14(19)18-11-6-7-16-10(2)8-11/h4-9,15H,3H2,1-2H3,(H,16,18,19). The van der Waals surface area contributed by atoms with Crippen molar-refractivity contribution in [3.8, 4) is 0 Å². The van der Waals surface area contributed by atoms with E-state index in [0.29, 0.717) is 5.69 Å². The van der Waals surface area contributed by atoms with Crippen molar-refractivity contribution in [2.75, 3.05) is 17.2 Å². The number of nitrogens with one attached hydrogen (secondary N) is 2. The number of carbonyl (C=O) groups excluding carboxylic acids is 1. The van der Waals surface area contributed by atoms with E-state index in [2.05, 4.69) is 20.6 Å². The van der Waals surface area contributed by atoms with Gasteiger partial charge in [0.1, 0.15) is 5.69 Å². The van der Waals surface area contributed by atoms with Crippen LogP contribution in [0.2, 0.25) is 0 Å². The van der Waals surface area contributed by atoms with Crippen molar-refractivity contribution in [3.63, 3.8) is 0 Å². The van der Waals surface area contributed by atoms with Crippen LogP contribution in [0.3, 0.4) is 0 Å². The first-order chi connectivity index (χ1) is 9.19. The molecule has 0 radical (unpaired) electrons. The van der Waals surface area contributed by atoms with E-state index < -0.39 is 0 Å². The summed E-state index contributed by atoms with van der Waals surface area (Å²) in [5, 5.41) is 5.92. The van der Waals surface area contributed by atoms with Crippen LogP contribution in [-0.4, -0.2) is 22.4 Å². The van der Waals surface area contributed by atoms with E-state index in [0.717, 1.165) is 23.6 Å². The molecule has 98 valence electrons. The van der Waals surface area contributed by atoms with E-state index in [1.165, 1.54) is 0 Å².